The summed E-state index contributed by atoms with van der Waals surface area (Å²) in [7, 11) is -3.79. The zero-order chi connectivity index (χ0) is 17.6. The average Bonchev–Trinajstić information content (AvgIpc) is 3.09. The molecule has 1 atom stereocenters. The van der Waals surface area contributed by atoms with Crippen molar-refractivity contribution >= 4 is 33.0 Å². The minimum Gasteiger partial charge on any atom is -0.309 e. The molecule has 1 aliphatic carbocycles. The normalized spacial score (nSPS) is 22.3. The number of nitrogens with zero attached hydrogens (tertiary/aromatic N) is 3. The molecule has 4 rings (SSSR count). The molecule has 3 heterocycles. The molecule has 1 saturated heterocycles. The van der Waals surface area contributed by atoms with Crippen LogP contribution in [0.4, 0.5) is 10.2 Å². The Morgan fingerprint density at radius 3 is 2.84 bits per heavy atom. The summed E-state index contributed by atoms with van der Waals surface area (Å²) >= 11 is 0.926. The summed E-state index contributed by atoms with van der Waals surface area (Å²) < 4.78 is 36.7. The van der Waals surface area contributed by atoms with E-state index in [-0.39, 0.29) is 15.9 Å². The van der Waals surface area contributed by atoms with E-state index in [2.05, 4.69) is 25.8 Å². The van der Waals surface area contributed by atoms with E-state index >= 15 is 0 Å². The lowest BCUT2D eigenvalue weighted by Crippen LogP contribution is -2.32. The fraction of sp³-hybridized carbons (Fsp3) is 0.357. The number of nitrogens with two attached hydrogens (primary N) is 1. The summed E-state index contributed by atoms with van der Waals surface area (Å²) in [6.45, 7) is 0. The van der Waals surface area contributed by atoms with Crippen molar-refractivity contribution in [3.63, 3.8) is 0 Å². The van der Waals surface area contributed by atoms with Crippen LogP contribution in [-0.4, -0.2) is 30.3 Å². The molecular formula is C14H15FN6O2S2. The van der Waals surface area contributed by atoms with Gasteiger partial charge < -0.3 is 5.43 Å². The molecule has 0 amide bonds. The number of primary sulfonamides is 1. The summed E-state index contributed by atoms with van der Waals surface area (Å²) in [6.07, 6.45) is 4.11. The van der Waals surface area contributed by atoms with Crippen LogP contribution in [0.25, 0.3) is 10.7 Å². The van der Waals surface area contributed by atoms with Gasteiger partial charge in [-0.2, -0.15) is 0 Å². The predicted molar refractivity (Wildman–Crippen MR) is 91.2 cm³/mol. The van der Waals surface area contributed by atoms with Crippen LogP contribution in [0.15, 0.2) is 27.5 Å². The molecule has 1 saturated carbocycles. The van der Waals surface area contributed by atoms with Crippen molar-refractivity contribution in [1.29, 1.82) is 0 Å². The monoisotopic (exact) mass is 382 g/mol. The van der Waals surface area contributed by atoms with Crippen molar-refractivity contribution in [2.45, 2.75) is 29.5 Å². The Kier molecular flexibility index (Phi) is 4.02. The standard InChI is InChI=1S/C14H15FN6O2S2/c15-8-6-17-14(10-3-4-12(24-10)25(16,22)23)19-13(8)18-11-5-9(20-21-11)7-1-2-7/h3-4,6-7,9,20H,1-2,5H2,(H2,16,22,23)(H,17,18,19,21). The second-order valence-electron chi connectivity index (χ2n) is 6.00. The van der Waals surface area contributed by atoms with E-state index in [0.717, 1.165) is 17.5 Å². The Bertz CT molecular complexity index is 954. The lowest BCUT2D eigenvalue weighted by Gasteiger charge is -2.03. The number of sulfonamides is 1. The van der Waals surface area contributed by atoms with Gasteiger partial charge in [0.25, 0.3) is 0 Å². The molecular weight excluding hydrogens is 367 g/mol. The number of hydrogen-bond donors (Lipinski definition) is 3. The fourth-order valence-electron chi connectivity index (χ4n) is 2.62. The second kappa shape index (κ2) is 6.09. The summed E-state index contributed by atoms with van der Waals surface area (Å²) in [4.78, 5) is 12.7. The molecule has 2 aromatic heterocycles. The van der Waals surface area contributed by atoms with Crippen LogP contribution in [0.2, 0.25) is 0 Å². The Labute approximate surface area is 147 Å². The Hall–Kier alpha value is -1.95. The van der Waals surface area contributed by atoms with Gasteiger partial charge in [0.2, 0.25) is 10.0 Å². The third-order valence-corrected chi connectivity index (χ3v) is 6.57. The molecule has 2 fully saturated rings. The summed E-state index contributed by atoms with van der Waals surface area (Å²) in [5, 5.41) is 5.10. The molecule has 8 nitrogen and oxygen atoms in total. The molecule has 0 bridgehead atoms. The van der Waals surface area contributed by atoms with E-state index < -0.39 is 15.8 Å². The van der Waals surface area contributed by atoms with E-state index in [9.17, 15) is 12.8 Å². The molecule has 1 aliphatic heterocycles. The largest absolute Gasteiger partial charge is 0.309 e. The predicted octanol–water partition coefficient (Wildman–Crippen LogP) is 1.30. The van der Waals surface area contributed by atoms with Crippen LogP contribution in [-0.2, 0) is 10.0 Å². The van der Waals surface area contributed by atoms with Crippen molar-refractivity contribution in [3.05, 3.63) is 24.1 Å². The van der Waals surface area contributed by atoms with Crippen LogP contribution in [0.1, 0.15) is 19.3 Å². The molecule has 2 aliphatic rings. The number of thiophene rings is 1. The molecule has 25 heavy (non-hydrogen) atoms. The maximum atomic E-state index is 14.0. The van der Waals surface area contributed by atoms with E-state index in [0.29, 0.717) is 29.1 Å². The van der Waals surface area contributed by atoms with Crippen LogP contribution >= 0.6 is 11.3 Å². The van der Waals surface area contributed by atoms with Crippen LogP contribution in [0.5, 0.6) is 0 Å². The first-order chi connectivity index (χ1) is 11.9. The first-order valence-electron chi connectivity index (χ1n) is 7.65. The van der Waals surface area contributed by atoms with E-state index in [1.54, 1.807) is 0 Å². The van der Waals surface area contributed by atoms with Gasteiger partial charge in [0.15, 0.2) is 17.5 Å². The number of nitrogens with one attached hydrogen (secondary N) is 2. The lowest BCUT2D eigenvalue weighted by molar-refractivity contribution is 0.504. The lowest BCUT2D eigenvalue weighted by atomic mass is 10.1. The highest BCUT2D eigenvalue weighted by atomic mass is 32.2. The highest BCUT2D eigenvalue weighted by Gasteiger charge is 2.35. The van der Waals surface area contributed by atoms with Gasteiger partial charge in [0.05, 0.1) is 11.1 Å². The number of amidine groups is 1. The van der Waals surface area contributed by atoms with Gasteiger partial charge in [-0.05, 0) is 30.9 Å². The van der Waals surface area contributed by atoms with Gasteiger partial charge in [0.1, 0.15) is 10.0 Å². The fourth-order valence-corrected chi connectivity index (χ4v) is 4.29. The molecule has 4 N–H and O–H groups in total. The maximum absolute atomic E-state index is 14.0. The Balaban J connectivity index is 1.61. The molecule has 0 aromatic carbocycles. The van der Waals surface area contributed by atoms with E-state index in [1.807, 2.05) is 0 Å². The van der Waals surface area contributed by atoms with Crippen LogP contribution in [0, 0.1) is 11.7 Å². The SMILES string of the molecule is NS(=O)(=O)c1ccc(-c2ncc(F)c(N=C3CC(C4CC4)NN3)n2)s1. The maximum Gasteiger partial charge on any atom is 0.247 e. The van der Waals surface area contributed by atoms with Crippen molar-refractivity contribution in [3.8, 4) is 10.7 Å². The third-order valence-electron chi connectivity index (χ3n) is 4.05. The minimum absolute atomic E-state index is 0.00257. The average molecular weight is 382 g/mol. The van der Waals surface area contributed by atoms with E-state index in [4.69, 9.17) is 5.14 Å². The van der Waals surface area contributed by atoms with E-state index in [1.165, 1.54) is 25.0 Å². The molecule has 2 aromatic rings. The van der Waals surface area contributed by atoms with Crippen molar-refractivity contribution in [2.75, 3.05) is 0 Å². The first-order valence-corrected chi connectivity index (χ1v) is 10.0. The number of halogens is 1. The summed E-state index contributed by atoms with van der Waals surface area (Å²) in [6, 6.07) is 3.22. The molecule has 0 radical (unpaired) electrons. The Morgan fingerprint density at radius 2 is 2.16 bits per heavy atom. The number of rotatable bonds is 4. The van der Waals surface area contributed by atoms with Crippen molar-refractivity contribution < 1.29 is 12.8 Å². The number of aromatic nitrogens is 2. The van der Waals surface area contributed by atoms with Crippen LogP contribution < -0.4 is 16.0 Å². The zero-order valence-corrected chi connectivity index (χ0v) is 14.6. The van der Waals surface area contributed by atoms with Crippen molar-refractivity contribution in [2.24, 2.45) is 16.0 Å². The highest BCUT2D eigenvalue weighted by Crippen LogP contribution is 2.35. The molecule has 0 spiro atoms. The van der Waals surface area contributed by atoms with Gasteiger partial charge in [-0.3, -0.25) is 0 Å². The van der Waals surface area contributed by atoms with Gasteiger partial charge in [-0.15, -0.1) is 11.3 Å². The molecule has 132 valence electrons. The van der Waals surface area contributed by atoms with Crippen LogP contribution in [0.3, 0.4) is 0 Å². The molecule has 11 heteroatoms. The van der Waals surface area contributed by atoms with Gasteiger partial charge in [-0.1, -0.05) is 0 Å². The van der Waals surface area contributed by atoms with Gasteiger partial charge in [0, 0.05) is 12.5 Å². The summed E-state index contributed by atoms with van der Waals surface area (Å²) in [5.41, 5.74) is 6.12. The number of aliphatic imine (C=N–C) groups is 1. The molecule has 1 unspecified atom stereocenters. The number of hydrazine groups is 1. The van der Waals surface area contributed by atoms with Crippen molar-refractivity contribution in [1.82, 2.24) is 20.8 Å². The summed E-state index contributed by atoms with van der Waals surface area (Å²) in [5.74, 6) is 0.739. The number of hydrogen-bond acceptors (Lipinski definition) is 7. The van der Waals surface area contributed by atoms with Gasteiger partial charge in [-0.25, -0.2) is 38.3 Å². The third kappa shape index (κ3) is 3.54. The zero-order valence-electron chi connectivity index (χ0n) is 12.9. The quantitative estimate of drug-likeness (QED) is 0.732. The van der Waals surface area contributed by atoms with Gasteiger partial charge >= 0.3 is 0 Å². The first kappa shape index (κ1) is 16.5. The topological polar surface area (TPSA) is 122 Å². The second-order valence-corrected chi connectivity index (χ2v) is 8.88. The minimum atomic E-state index is -3.79. The highest BCUT2D eigenvalue weighted by molar-refractivity contribution is 7.91. The Morgan fingerprint density at radius 1 is 1.36 bits per heavy atom. The smallest absolute Gasteiger partial charge is 0.247 e.